The molecule has 0 aliphatic rings. The average molecular weight is 853 g/mol. The van der Waals surface area contributed by atoms with Gasteiger partial charge in [0, 0.05) is 27.1 Å². The van der Waals surface area contributed by atoms with Crippen LogP contribution in [0.25, 0.3) is 111 Å². The zero-order chi connectivity index (χ0) is 45.0. The lowest BCUT2D eigenvalue weighted by atomic mass is 9.96. The first-order valence-electron chi connectivity index (χ1n) is 22.5. The number of hydrogen-bond acceptors (Lipinski definition) is 2. The number of fused-ring (bicyclic) bond motifs is 6. The van der Waals surface area contributed by atoms with Gasteiger partial charge >= 0.3 is 0 Å². The fourth-order valence-electron chi connectivity index (χ4n) is 10.1. The topological polar surface area (TPSA) is 57.4 Å². The van der Waals surface area contributed by atoms with Crippen molar-refractivity contribution >= 4 is 43.6 Å². The molecule has 12 rings (SSSR count). The Morgan fingerprint density at radius 1 is 0.313 bits per heavy atom. The van der Waals surface area contributed by atoms with Crippen molar-refractivity contribution in [2.45, 2.75) is 6.92 Å². The van der Waals surface area contributed by atoms with Crippen LogP contribution >= 0.6 is 0 Å². The molecule has 2 heterocycles. The summed E-state index contributed by atoms with van der Waals surface area (Å²) in [7, 11) is 0. The highest BCUT2D eigenvalue weighted by Gasteiger charge is 2.24. The summed E-state index contributed by atoms with van der Waals surface area (Å²) in [5, 5.41) is 26.3. The molecule has 312 valence electrons. The molecule has 0 aliphatic carbocycles. The Kier molecular flexibility index (Phi) is 9.46. The van der Waals surface area contributed by atoms with Crippen LogP contribution < -0.4 is 0 Å². The van der Waals surface area contributed by atoms with E-state index in [1.165, 1.54) is 0 Å². The molecule has 0 fully saturated rings. The second kappa shape index (κ2) is 16.1. The van der Waals surface area contributed by atoms with Gasteiger partial charge in [0.25, 0.3) is 0 Å². The lowest BCUT2D eigenvalue weighted by Crippen LogP contribution is -2.04. The predicted molar refractivity (Wildman–Crippen MR) is 276 cm³/mol. The van der Waals surface area contributed by atoms with Crippen molar-refractivity contribution in [3.05, 3.63) is 241 Å². The van der Waals surface area contributed by atoms with Gasteiger partial charge in [-0.05, 0) is 111 Å². The molecule has 0 bridgehead atoms. The van der Waals surface area contributed by atoms with Crippen molar-refractivity contribution in [2.24, 2.45) is 0 Å². The van der Waals surface area contributed by atoms with E-state index in [1.807, 2.05) is 43.3 Å². The molecule has 12 aromatic rings. The molecule has 0 saturated heterocycles. The fraction of sp³-hybridized carbons (Fsp3) is 0.0159. The van der Waals surface area contributed by atoms with Crippen LogP contribution in [0.1, 0.15) is 16.7 Å². The largest absolute Gasteiger partial charge is 0.309 e. The van der Waals surface area contributed by atoms with Crippen LogP contribution in [0.5, 0.6) is 0 Å². The number of nitriles is 2. The van der Waals surface area contributed by atoms with Gasteiger partial charge in [-0.2, -0.15) is 10.5 Å². The normalized spacial score (nSPS) is 11.3. The van der Waals surface area contributed by atoms with E-state index in [2.05, 4.69) is 209 Å². The average Bonchev–Trinajstić information content (AvgIpc) is 3.90. The molecule has 2 aromatic heterocycles. The van der Waals surface area contributed by atoms with E-state index in [-0.39, 0.29) is 0 Å². The molecule has 0 N–H and O–H groups in total. The number of rotatable bonds is 7. The van der Waals surface area contributed by atoms with E-state index in [0.29, 0.717) is 11.1 Å². The standard InChI is InChI=1S/C63H40N4/c1-41-30-42(39-64)32-51(31-41)57-38-58(66-59-33-47(43-14-6-2-7-15-43)22-26-53(59)54-27-23-48(34-60(54)66)44-16-8-3-9-17-44)52(40-65)37-63(57)67-61-35-49(45-18-10-4-11-19-45)24-28-55(61)56-29-25-50(36-62(56)67)46-20-12-5-13-21-46/h2-38H,1H3. The summed E-state index contributed by atoms with van der Waals surface area (Å²) in [6.45, 7) is 2.04. The summed E-state index contributed by atoms with van der Waals surface area (Å²) in [4.78, 5) is 0. The minimum atomic E-state index is 0.523. The van der Waals surface area contributed by atoms with Gasteiger partial charge in [0.1, 0.15) is 6.07 Å². The maximum absolute atomic E-state index is 11.5. The van der Waals surface area contributed by atoms with Gasteiger partial charge in [0.15, 0.2) is 0 Å². The molecule has 4 heteroatoms. The van der Waals surface area contributed by atoms with Crippen molar-refractivity contribution in [2.75, 3.05) is 0 Å². The predicted octanol–water partition coefficient (Wildman–Crippen LogP) is 16.3. The maximum atomic E-state index is 11.5. The molecular formula is C63H40N4. The monoisotopic (exact) mass is 852 g/mol. The van der Waals surface area contributed by atoms with E-state index in [1.54, 1.807) is 0 Å². The minimum Gasteiger partial charge on any atom is -0.309 e. The van der Waals surface area contributed by atoms with Gasteiger partial charge in [-0.3, -0.25) is 0 Å². The van der Waals surface area contributed by atoms with Crippen LogP contribution in [0.15, 0.2) is 224 Å². The third-order valence-electron chi connectivity index (χ3n) is 13.2. The summed E-state index contributed by atoms with van der Waals surface area (Å²) < 4.78 is 4.62. The first-order valence-corrected chi connectivity index (χ1v) is 22.5. The zero-order valence-electron chi connectivity index (χ0n) is 36.7. The Labute approximate surface area is 388 Å². The van der Waals surface area contributed by atoms with E-state index in [9.17, 15) is 10.5 Å². The molecule has 0 atom stereocenters. The highest BCUT2D eigenvalue weighted by atomic mass is 15.0. The smallest absolute Gasteiger partial charge is 0.101 e. The van der Waals surface area contributed by atoms with Gasteiger partial charge in [-0.25, -0.2) is 0 Å². The third kappa shape index (κ3) is 6.76. The highest BCUT2D eigenvalue weighted by Crippen LogP contribution is 2.44. The van der Waals surface area contributed by atoms with E-state index in [4.69, 9.17) is 0 Å². The zero-order valence-corrected chi connectivity index (χ0v) is 36.7. The Morgan fingerprint density at radius 2 is 0.687 bits per heavy atom. The molecule has 0 unspecified atom stereocenters. The Hall–Kier alpha value is -9.22. The number of nitrogens with zero attached hydrogens (tertiary/aromatic N) is 4. The van der Waals surface area contributed by atoms with Gasteiger partial charge in [0.05, 0.1) is 50.6 Å². The van der Waals surface area contributed by atoms with Gasteiger partial charge < -0.3 is 9.13 Å². The lowest BCUT2D eigenvalue weighted by molar-refractivity contribution is 1.14. The molecular weight excluding hydrogens is 813 g/mol. The van der Waals surface area contributed by atoms with Crippen LogP contribution in [0.3, 0.4) is 0 Å². The van der Waals surface area contributed by atoms with Crippen LogP contribution in [0, 0.1) is 29.6 Å². The Morgan fingerprint density at radius 3 is 1.04 bits per heavy atom. The first-order chi connectivity index (χ1) is 33.0. The van der Waals surface area contributed by atoms with Crippen LogP contribution in [0.4, 0.5) is 0 Å². The summed E-state index contributed by atoms with van der Waals surface area (Å²) in [6.07, 6.45) is 0. The van der Waals surface area contributed by atoms with Crippen LogP contribution in [-0.4, -0.2) is 9.13 Å². The van der Waals surface area contributed by atoms with E-state index < -0.39 is 0 Å². The van der Waals surface area contributed by atoms with Crippen molar-refractivity contribution in [3.63, 3.8) is 0 Å². The van der Waals surface area contributed by atoms with Gasteiger partial charge in [-0.15, -0.1) is 0 Å². The quantitative estimate of drug-likeness (QED) is 0.160. The van der Waals surface area contributed by atoms with Crippen molar-refractivity contribution in [1.29, 1.82) is 10.5 Å². The molecule has 10 aromatic carbocycles. The molecule has 4 nitrogen and oxygen atoms in total. The maximum Gasteiger partial charge on any atom is 0.101 e. The van der Waals surface area contributed by atoms with Crippen LogP contribution in [0.2, 0.25) is 0 Å². The minimum absolute atomic E-state index is 0.523. The number of aryl methyl sites for hydroxylation is 1. The fourth-order valence-corrected chi connectivity index (χ4v) is 10.1. The number of aromatic nitrogens is 2. The van der Waals surface area contributed by atoms with Crippen molar-refractivity contribution in [3.8, 4) is 79.1 Å². The summed E-state index contributed by atoms with van der Waals surface area (Å²) in [5.74, 6) is 0. The summed E-state index contributed by atoms with van der Waals surface area (Å²) in [6, 6.07) is 84.0. The van der Waals surface area contributed by atoms with Crippen LogP contribution in [-0.2, 0) is 0 Å². The first kappa shape index (κ1) is 39.4. The second-order valence-corrected chi connectivity index (χ2v) is 17.3. The third-order valence-corrected chi connectivity index (χ3v) is 13.2. The Bertz CT molecular complexity index is 3790. The summed E-state index contributed by atoms with van der Waals surface area (Å²) >= 11 is 0. The van der Waals surface area contributed by atoms with Gasteiger partial charge in [-0.1, -0.05) is 176 Å². The SMILES string of the molecule is Cc1cc(C#N)cc(-c2cc(-n3c4cc(-c5ccccc5)ccc4c4ccc(-c5ccccc5)cc43)c(C#N)cc2-n2c3cc(-c4ccccc4)ccc3c3ccc(-c4ccccc4)cc32)c1. The van der Waals surface area contributed by atoms with E-state index in [0.717, 1.165) is 116 Å². The molecule has 0 aliphatic heterocycles. The lowest BCUT2D eigenvalue weighted by Gasteiger charge is -2.20. The van der Waals surface area contributed by atoms with E-state index >= 15 is 0 Å². The van der Waals surface area contributed by atoms with Gasteiger partial charge in [0.2, 0.25) is 0 Å². The second-order valence-electron chi connectivity index (χ2n) is 17.3. The molecule has 0 amide bonds. The van der Waals surface area contributed by atoms with Crippen molar-refractivity contribution in [1.82, 2.24) is 9.13 Å². The highest BCUT2D eigenvalue weighted by molar-refractivity contribution is 6.13. The molecule has 0 spiro atoms. The van der Waals surface area contributed by atoms with Crippen molar-refractivity contribution < 1.29 is 0 Å². The number of benzene rings is 10. The molecule has 67 heavy (non-hydrogen) atoms. The Balaban J connectivity index is 1.22. The number of hydrogen-bond donors (Lipinski definition) is 0. The summed E-state index contributed by atoms with van der Waals surface area (Å²) in [5.41, 5.74) is 18.3. The molecule has 0 radical (unpaired) electrons. The molecule has 0 saturated carbocycles.